The third-order valence-electron chi connectivity index (χ3n) is 4.86. The first-order valence-corrected chi connectivity index (χ1v) is 9.86. The first-order chi connectivity index (χ1) is 13.3. The molecule has 0 saturated carbocycles. The van der Waals surface area contributed by atoms with Crippen LogP contribution in [0, 0.1) is 13.8 Å². The highest BCUT2D eigenvalue weighted by atomic mass is 16.5. The molecule has 0 bridgehead atoms. The highest BCUT2D eigenvalue weighted by molar-refractivity contribution is 5.96. The van der Waals surface area contributed by atoms with Crippen molar-refractivity contribution in [3.05, 3.63) is 28.8 Å². The molecule has 1 aliphatic rings. The van der Waals surface area contributed by atoms with E-state index in [4.69, 9.17) is 9.84 Å². The number of nitrogens with zero attached hydrogens (tertiary/aromatic N) is 2. The number of aliphatic carboxylic acids is 1. The van der Waals surface area contributed by atoms with Crippen molar-refractivity contribution < 1.29 is 24.2 Å². The molecule has 0 spiro atoms. The van der Waals surface area contributed by atoms with Gasteiger partial charge >= 0.3 is 5.97 Å². The molecule has 7 nitrogen and oxygen atoms in total. The van der Waals surface area contributed by atoms with Crippen molar-refractivity contribution in [2.75, 3.05) is 32.8 Å². The van der Waals surface area contributed by atoms with Crippen LogP contribution < -0.4 is 4.74 Å². The molecule has 0 aromatic heterocycles. The third kappa shape index (κ3) is 5.71. The van der Waals surface area contributed by atoms with Crippen molar-refractivity contribution in [3.8, 4) is 5.75 Å². The van der Waals surface area contributed by atoms with E-state index in [-0.39, 0.29) is 25.0 Å². The lowest BCUT2D eigenvalue weighted by Crippen LogP contribution is -2.38. The number of ether oxygens (including phenoxy) is 1. The van der Waals surface area contributed by atoms with Gasteiger partial charge < -0.3 is 19.6 Å². The van der Waals surface area contributed by atoms with Gasteiger partial charge in [-0.15, -0.1) is 0 Å². The highest BCUT2D eigenvalue weighted by Gasteiger charge is 2.21. The molecule has 154 valence electrons. The summed E-state index contributed by atoms with van der Waals surface area (Å²) >= 11 is 0. The number of aryl methyl sites for hydroxylation is 2. The van der Waals surface area contributed by atoms with Gasteiger partial charge in [-0.25, -0.2) is 0 Å². The summed E-state index contributed by atoms with van der Waals surface area (Å²) in [6.07, 6.45) is 3.91. The van der Waals surface area contributed by atoms with E-state index in [1.807, 2.05) is 25.7 Å². The number of carboxylic acids is 1. The van der Waals surface area contributed by atoms with Gasteiger partial charge in [0.15, 0.2) is 6.61 Å². The lowest BCUT2D eigenvalue weighted by molar-refractivity contribution is -0.137. The van der Waals surface area contributed by atoms with Crippen molar-refractivity contribution in [3.63, 3.8) is 0 Å². The molecule has 28 heavy (non-hydrogen) atoms. The summed E-state index contributed by atoms with van der Waals surface area (Å²) in [5.74, 6) is -0.769. The minimum Gasteiger partial charge on any atom is -0.483 e. The van der Waals surface area contributed by atoms with E-state index in [9.17, 15) is 14.4 Å². The van der Waals surface area contributed by atoms with Gasteiger partial charge in [0.25, 0.3) is 11.8 Å². The maximum absolute atomic E-state index is 12.7. The van der Waals surface area contributed by atoms with Crippen molar-refractivity contribution in [2.45, 2.75) is 46.5 Å². The molecule has 2 amide bonds. The van der Waals surface area contributed by atoms with Crippen LogP contribution in [0.1, 0.15) is 54.1 Å². The Hall–Kier alpha value is -2.57. The van der Waals surface area contributed by atoms with Crippen LogP contribution in [0.2, 0.25) is 0 Å². The number of rotatable bonds is 8. The fourth-order valence-corrected chi connectivity index (χ4v) is 3.54. The molecule has 1 heterocycles. The number of hydrogen-bond acceptors (Lipinski definition) is 4. The summed E-state index contributed by atoms with van der Waals surface area (Å²) in [7, 11) is 0. The zero-order valence-electron chi connectivity index (χ0n) is 17.0. The quantitative estimate of drug-likeness (QED) is 0.737. The fourth-order valence-electron chi connectivity index (χ4n) is 3.54. The fraction of sp³-hybridized carbons (Fsp3) is 0.571. The minimum atomic E-state index is -1.04. The Morgan fingerprint density at radius 3 is 2.25 bits per heavy atom. The van der Waals surface area contributed by atoms with Crippen LogP contribution in [0.4, 0.5) is 0 Å². The second kappa shape index (κ2) is 10.1. The van der Waals surface area contributed by atoms with E-state index in [1.54, 1.807) is 12.1 Å². The lowest BCUT2D eigenvalue weighted by atomic mass is 10.0. The molecule has 1 saturated heterocycles. The van der Waals surface area contributed by atoms with Crippen LogP contribution in [0.3, 0.4) is 0 Å². The smallest absolute Gasteiger partial charge is 0.323 e. The van der Waals surface area contributed by atoms with Crippen molar-refractivity contribution >= 4 is 17.8 Å². The average Bonchev–Trinajstić information content (AvgIpc) is 2.66. The molecule has 2 rings (SSSR count). The van der Waals surface area contributed by atoms with Crippen LogP contribution in [0.15, 0.2) is 12.1 Å². The van der Waals surface area contributed by atoms with E-state index < -0.39 is 5.97 Å². The highest BCUT2D eigenvalue weighted by Crippen LogP contribution is 2.26. The van der Waals surface area contributed by atoms with Crippen LogP contribution in [-0.4, -0.2) is 65.5 Å². The number of amides is 2. The molecule has 0 unspecified atom stereocenters. The van der Waals surface area contributed by atoms with Gasteiger partial charge in [0.05, 0.1) is 0 Å². The lowest BCUT2D eigenvalue weighted by Gasteiger charge is -2.27. The number of piperidine rings is 1. The Morgan fingerprint density at radius 2 is 1.71 bits per heavy atom. The van der Waals surface area contributed by atoms with Crippen molar-refractivity contribution in [1.29, 1.82) is 0 Å². The molecule has 1 N–H and O–H groups in total. The van der Waals surface area contributed by atoms with E-state index in [1.165, 1.54) is 4.90 Å². The van der Waals surface area contributed by atoms with Gasteiger partial charge in [-0.2, -0.15) is 0 Å². The Labute approximate surface area is 166 Å². The molecule has 0 aliphatic carbocycles. The predicted molar refractivity (Wildman–Crippen MR) is 106 cm³/mol. The van der Waals surface area contributed by atoms with Crippen LogP contribution in [0.25, 0.3) is 0 Å². The van der Waals surface area contributed by atoms with Gasteiger partial charge in [0.1, 0.15) is 12.3 Å². The van der Waals surface area contributed by atoms with E-state index in [0.29, 0.717) is 24.3 Å². The molecule has 1 aliphatic heterocycles. The normalized spacial score (nSPS) is 13.9. The molecular formula is C21H30N2O5. The second-order valence-corrected chi connectivity index (χ2v) is 7.29. The molecule has 7 heteroatoms. The Balaban J connectivity index is 2.09. The van der Waals surface area contributed by atoms with Crippen LogP contribution >= 0.6 is 0 Å². The monoisotopic (exact) mass is 390 g/mol. The topological polar surface area (TPSA) is 87.1 Å². The van der Waals surface area contributed by atoms with E-state index in [0.717, 1.165) is 43.5 Å². The summed E-state index contributed by atoms with van der Waals surface area (Å²) in [4.78, 5) is 39.2. The predicted octanol–water partition coefficient (Wildman–Crippen LogP) is 2.63. The Morgan fingerprint density at radius 1 is 1.11 bits per heavy atom. The number of hydrogen-bond donors (Lipinski definition) is 1. The maximum atomic E-state index is 12.7. The standard InChI is InChI=1S/C21H30N2O5/c1-4-8-23(13-19(25)26)21(27)17-11-15(2)20(16(3)12-17)28-14-18(24)22-9-6-5-7-10-22/h11-12H,4-10,13-14H2,1-3H3,(H,25,26). The Bertz CT molecular complexity index is 703. The molecule has 1 aromatic carbocycles. The van der Waals surface area contributed by atoms with Gasteiger partial charge in [0.2, 0.25) is 0 Å². The second-order valence-electron chi connectivity index (χ2n) is 7.29. The molecule has 1 aromatic rings. The van der Waals surface area contributed by atoms with Gasteiger partial charge in [-0.05, 0) is 62.8 Å². The third-order valence-corrected chi connectivity index (χ3v) is 4.86. The number of likely N-dealkylation sites (tertiary alicyclic amines) is 1. The van der Waals surface area contributed by atoms with Crippen molar-refractivity contribution in [1.82, 2.24) is 9.80 Å². The first-order valence-electron chi connectivity index (χ1n) is 9.86. The van der Waals surface area contributed by atoms with E-state index >= 15 is 0 Å². The maximum Gasteiger partial charge on any atom is 0.323 e. The minimum absolute atomic E-state index is 0.0179. The molecule has 0 radical (unpaired) electrons. The summed E-state index contributed by atoms with van der Waals surface area (Å²) in [5.41, 5.74) is 1.93. The summed E-state index contributed by atoms with van der Waals surface area (Å²) in [6, 6.07) is 3.39. The number of carbonyl (C=O) groups is 3. The van der Waals surface area contributed by atoms with Gasteiger partial charge in [-0.3, -0.25) is 14.4 Å². The largest absolute Gasteiger partial charge is 0.483 e. The zero-order valence-corrected chi connectivity index (χ0v) is 17.0. The molecule has 0 atom stereocenters. The molecular weight excluding hydrogens is 360 g/mol. The van der Waals surface area contributed by atoms with E-state index in [2.05, 4.69) is 0 Å². The molecule has 1 fully saturated rings. The average molecular weight is 390 g/mol. The van der Waals surface area contributed by atoms with Crippen LogP contribution in [-0.2, 0) is 9.59 Å². The summed E-state index contributed by atoms with van der Waals surface area (Å²) < 4.78 is 5.78. The zero-order chi connectivity index (χ0) is 20.7. The van der Waals surface area contributed by atoms with Crippen molar-refractivity contribution in [2.24, 2.45) is 0 Å². The Kier molecular flexibility index (Phi) is 7.84. The number of carboxylic acid groups (broad SMARTS) is 1. The van der Waals surface area contributed by atoms with Gasteiger partial charge in [0, 0.05) is 25.2 Å². The summed E-state index contributed by atoms with van der Waals surface area (Å²) in [6.45, 7) is 7.15. The SMILES string of the molecule is CCCN(CC(=O)O)C(=O)c1cc(C)c(OCC(=O)N2CCCCC2)c(C)c1. The van der Waals surface area contributed by atoms with Crippen LogP contribution in [0.5, 0.6) is 5.75 Å². The summed E-state index contributed by atoms with van der Waals surface area (Å²) in [5, 5.41) is 9.04. The first kappa shape index (κ1) is 21.7. The van der Waals surface area contributed by atoms with Gasteiger partial charge in [-0.1, -0.05) is 6.92 Å². The number of carbonyl (C=O) groups excluding carboxylic acids is 2. The number of benzene rings is 1.